The maximum Gasteiger partial charge on any atom is 0.0991 e. The molecule has 4 heteroatoms. The van der Waals surface area contributed by atoms with E-state index in [0.717, 1.165) is 16.7 Å². The molecule has 0 fully saturated rings. The largest absolute Gasteiger partial charge is 0.399 e. The molecule has 3 N–H and O–H groups in total. The molecule has 0 aromatic heterocycles. The Morgan fingerprint density at radius 3 is 2.32 bits per heavy atom. The summed E-state index contributed by atoms with van der Waals surface area (Å²) in [6.07, 6.45) is 1.75. The van der Waals surface area contributed by atoms with Gasteiger partial charge in [0, 0.05) is 23.0 Å². The van der Waals surface area contributed by atoms with Crippen LogP contribution in [0.15, 0.2) is 77.8 Å². The number of aliphatic imine (C=N–C) groups is 1. The lowest BCUT2D eigenvalue weighted by molar-refractivity contribution is 1.42. The van der Waals surface area contributed by atoms with Gasteiger partial charge in [0.25, 0.3) is 0 Å². The number of nitrogens with two attached hydrogens (primary N) is 1. The predicted octanol–water partition coefficient (Wildman–Crippen LogP) is 4.31. The van der Waals surface area contributed by atoms with Gasteiger partial charge in [0.05, 0.1) is 23.0 Å². The second-order valence-corrected chi connectivity index (χ2v) is 5.51. The lowest BCUT2D eigenvalue weighted by Gasteiger charge is -2.08. The van der Waals surface area contributed by atoms with Gasteiger partial charge in [0.1, 0.15) is 0 Å². The van der Waals surface area contributed by atoms with E-state index in [4.69, 9.17) is 16.4 Å². The number of nitrogens with one attached hydrogen (secondary N) is 1. The van der Waals surface area contributed by atoms with Crippen molar-refractivity contribution in [3.05, 3.63) is 95.1 Å². The standard InChI is InChI=1S/C21H16N4/c22-13-15-5-9-17(10-6-15)21(24)19-3-1-2-4-20(19)25-14-16-7-11-18(23)12-8-16/h1-12,14,24H,23H2. The van der Waals surface area contributed by atoms with Crippen LogP contribution in [0.25, 0.3) is 0 Å². The summed E-state index contributed by atoms with van der Waals surface area (Å²) in [6, 6.07) is 24.0. The van der Waals surface area contributed by atoms with Gasteiger partial charge in [0.15, 0.2) is 0 Å². The number of benzene rings is 3. The average Bonchev–Trinajstić information content (AvgIpc) is 2.67. The van der Waals surface area contributed by atoms with Crippen LogP contribution in [0.3, 0.4) is 0 Å². The van der Waals surface area contributed by atoms with Gasteiger partial charge in [-0.2, -0.15) is 5.26 Å². The quantitative estimate of drug-likeness (QED) is 0.553. The van der Waals surface area contributed by atoms with Crippen LogP contribution >= 0.6 is 0 Å². The van der Waals surface area contributed by atoms with E-state index in [0.29, 0.717) is 22.6 Å². The van der Waals surface area contributed by atoms with E-state index in [1.54, 1.807) is 30.5 Å². The van der Waals surface area contributed by atoms with Crippen LogP contribution in [0, 0.1) is 16.7 Å². The zero-order valence-electron chi connectivity index (χ0n) is 13.5. The van der Waals surface area contributed by atoms with Gasteiger partial charge >= 0.3 is 0 Å². The lowest BCUT2D eigenvalue weighted by atomic mass is 10.00. The van der Waals surface area contributed by atoms with Crippen molar-refractivity contribution in [2.75, 3.05) is 5.73 Å². The third-order valence-corrected chi connectivity index (χ3v) is 3.77. The van der Waals surface area contributed by atoms with E-state index in [-0.39, 0.29) is 0 Å². The number of rotatable bonds is 4. The number of nitrogens with zero attached hydrogens (tertiary/aromatic N) is 2. The van der Waals surface area contributed by atoms with Crippen LogP contribution in [0.1, 0.15) is 22.3 Å². The maximum atomic E-state index is 8.89. The fourth-order valence-electron chi connectivity index (χ4n) is 2.39. The Morgan fingerprint density at radius 1 is 0.960 bits per heavy atom. The molecule has 0 amide bonds. The molecule has 3 aromatic carbocycles. The van der Waals surface area contributed by atoms with Crippen molar-refractivity contribution in [1.82, 2.24) is 0 Å². The molecule has 3 aromatic rings. The second-order valence-electron chi connectivity index (χ2n) is 5.51. The summed E-state index contributed by atoms with van der Waals surface area (Å²) in [5.41, 5.74) is 10.5. The minimum atomic E-state index is 0.370. The molecule has 0 saturated carbocycles. The summed E-state index contributed by atoms with van der Waals surface area (Å²) in [7, 11) is 0. The molecule has 25 heavy (non-hydrogen) atoms. The summed E-state index contributed by atoms with van der Waals surface area (Å²) in [5, 5.41) is 17.4. The van der Waals surface area contributed by atoms with Crippen molar-refractivity contribution in [2.24, 2.45) is 4.99 Å². The van der Waals surface area contributed by atoms with Crippen LogP contribution in [0.2, 0.25) is 0 Å². The van der Waals surface area contributed by atoms with E-state index < -0.39 is 0 Å². The third-order valence-electron chi connectivity index (χ3n) is 3.77. The van der Waals surface area contributed by atoms with Crippen LogP contribution in [-0.2, 0) is 0 Å². The first kappa shape index (κ1) is 16.2. The molecule has 120 valence electrons. The van der Waals surface area contributed by atoms with Crippen molar-refractivity contribution < 1.29 is 0 Å². The zero-order valence-corrected chi connectivity index (χ0v) is 13.5. The van der Waals surface area contributed by atoms with Crippen LogP contribution in [0.5, 0.6) is 0 Å². The van der Waals surface area contributed by atoms with Crippen molar-refractivity contribution in [3.8, 4) is 6.07 Å². The second kappa shape index (κ2) is 7.24. The summed E-state index contributed by atoms with van der Waals surface area (Å²) in [5.74, 6) is 0. The molecule has 0 saturated heterocycles. The Bertz CT molecular complexity index is 962. The lowest BCUT2D eigenvalue weighted by Crippen LogP contribution is -2.01. The van der Waals surface area contributed by atoms with Crippen molar-refractivity contribution in [3.63, 3.8) is 0 Å². The van der Waals surface area contributed by atoms with Gasteiger partial charge in [-0.15, -0.1) is 0 Å². The molecule has 0 aliphatic carbocycles. The van der Waals surface area contributed by atoms with Gasteiger partial charge in [0.2, 0.25) is 0 Å². The Balaban J connectivity index is 1.91. The highest BCUT2D eigenvalue weighted by molar-refractivity contribution is 6.14. The summed E-state index contributed by atoms with van der Waals surface area (Å²) < 4.78 is 0. The highest BCUT2D eigenvalue weighted by atomic mass is 14.7. The first-order valence-electron chi connectivity index (χ1n) is 7.75. The molecule has 3 rings (SSSR count). The predicted molar refractivity (Wildman–Crippen MR) is 102 cm³/mol. The van der Waals surface area contributed by atoms with Gasteiger partial charge in [-0.1, -0.05) is 42.5 Å². The number of para-hydroxylation sites is 1. The molecule has 0 aliphatic heterocycles. The van der Waals surface area contributed by atoms with Crippen LogP contribution in [-0.4, -0.2) is 11.9 Å². The zero-order chi connectivity index (χ0) is 17.6. The first-order chi connectivity index (χ1) is 12.2. The van der Waals surface area contributed by atoms with Crippen LogP contribution < -0.4 is 5.73 Å². The van der Waals surface area contributed by atoms with Crippen molar-refractivity contribution in [1.29, 1.82) is 10.7 Å². The molecule has 4 nitrogen and oxygen atoms in total. The SMILES string of the molecule is N#Cc1ccc(C(=N)c2ccccc2N=Cc2ccc(N)cc2)cc1. The van der Waals surface area contributed by atoms with E-state index >= 15 is 0 Å². The van der Waals surface area contributed by atoms with Gasteiger partial charge < -0.3 is 5.73 Å². The number of nitriles is 1. The number of anilines is 1. The van der Waals surface area contributed by atoms with Crippen molar-refractivity contribution >= 4 is 23.3 Å². The highest BCUT2D eigenvalue weighted by Gasteiger charge is 2.09. The normalized spacial score (nSPS) is 10.5. The molecule has 0 bridgehead atoms. The number of hydrogen-bond donors (Lipinski definition) is 2. The summed E-state index contributed by atoms with van der Waals surface area (Å²) >= 11 is 0. The van der Waals surface area contributed by atoms with Gasteiger partial charge in [-0.3, -0.25) is 10.4 Å². The Labute approximate surface area is 146 Å². The van der Waals surface area contributed by atoms with E-state index in [9.17, 15) is 0 Å². The van der Waals surface area contributed by atoms with Crippen LogP contribution in [0.4, 0.5) is 11.4 Å². The Morgan fingerprint density at radius 2 is 1.64 bits per heavy atom. The van der Waals surface area contributed by atoms with E-state index in [1.807, 2.05) is 48.5 Å². The molecule has 0 atom stereocenters. The van der Waals surface area contributed by atoms with E-state index in [1.165, 1.54) is 0 Å². The van der Waals surface area contributed by atoms with E-state index in [2.05, 4.69) is 11.1 Å². The topological polar surface area (TPSA) is 86.0 Å². The highest BCUT2D eigenvalue weighted by Crippen LogP contribution is 2.22. The van der Waals surface area contributed by atoms with Crippen molar-refractivity contribution in [2.45, 2.75) is 0 Å². The molecule has 0 heterocycles. The maximum absolute atomic E-state index is 8.89. The molecule has 0 aliphatic rings. The Kier molecular flexibility index (Phi) is 4.68. The van der Waals surface area contributed by atoms with Gasteiger partial charge in [-0.05, 0) is 35.9 Å². The van der Waals surface area contributed by atoms with Gasteiger partial charge in [-0.25, -0.2) is 0 Å². The molecule has 0 spiro atoms. The smallest absolute Gasteiger partial charge is 0.0991 e. The minimum absolute atomic E-state index is 0.370. The monoisotopic (exact) mass is 324 g/mol. The number of nitrogen functional groups attached to an aromatic ring is 1. The third kappa shape index (κ3) is 3.80. The molecular weight excluding hydrogens is 308 g/mol. The molecular formula is C21H16N4. The number of hydrogen-bond acceptors (Lipinski definition) is 4. The molecule has 0 unspecified atom stereocenters. The summed E-state index contributed by atoms with van der Waals surface area (Å²) in [6.45, 7) is 0. The first-order valence-corrected chi connectivity index (χ1v) is 7.75. The summed E-state index contributed by atoms with van der Waals surface area (Å²) in [4.78, 5) is 4.53. The fraction of sp³-hybridized carbons (Fsp3) is 0. The fourth-order valence-corrected chi connectivity index (χ4v) is 2.39. The minimum Gasteiger partial charge on any atom is -0.399 e. The Hall–Kier alpha value is -3.71. The molecule has 0 radical (unpaired) electrons. The average molecular weight is 324 g/mol.